The first-order valence-electron chi connectivity index (χ1n) is 8.04. The molecule has 0 spiro atoms. The molecular formula is C15H26N3O2+. The number of quaternary nitrogens is 1. The minimum atomic E-state index is -0.0819. The Labute approximate surface area is 120 Å². The molecule has 3 aliphatic rings. The lowest BCUT2D eigenvalue weighted by Gasteiger charge is -2.32. The predicted molar refractivity (Wildman–Crippen MR) is 75.3 cm³/mol. The Kier molecular flexibility index (Phi) is 3.96. The first kappa shape index (κ1) is 13.9. The van der Waals surface area contributed by atoms with Gasteiger partial charge < -0.3 is 14.7 Å². The summed E-state index contributed by atoms with van der Waals surface area (Å²) in [4.78, 5) is 30.2. The van der Waals surface area contributed by atoms with E-state index in [1.165, 1.54) is 17.7 Å². The monoisotopic (exact) mass is 280 g/mol. The maximum atomic E-state index is 12.6. The number of nitrogens with one attached hydrogen (secondary N) is 1. The van der Waals surface area contributed by atoms with Gasteiger partial charge in [0.15, 0.2) is 0 Å². The first-order chi connectivity index (χ1) is 9.65. The van der Waals surface area contributed by atoms with E-state index in [0.29, 0.717) is 19.0 Å². The van der Waals surface area contributed by atoms with E-state index in [1.54, 1.807) is 0 Å². The molecule has 2 heterocycles. The molecule has 1 saturated carbocycles. The Morgan fingerprint density at radius 1 is 1.20 bits per heavy atom. The number of amides is 2. The van der Waals surface area contributed by atoms with Crippen molar-refractivity contribution >= 4 is 11.8 Å². The number of carbonyl (C=O) groups excluding carboxylic acids is 2. The van der Waals surface area contributed by atoms with Crippen LogP contribution in [0.15, 0.2) is 0 Å². The fourth-order valence-corrected chi connectivity index (χ4v) is 3.83. The number of hydrogen-bond donors (Lipinski definition) is 1. The molecule has 2 amide bonds. The molecule has 5 nitrogen and oxygen atoms in total. The summed E-state index contributed by atoms with van der Waals surface area (Å²) in [6.07, 6.45) is 5.16. The third kappa shape index (κ3) is 2.68. The van der Waals surface area contributed by atoms with Gasteiger partial charge in [0.2, 0.25) is 11.8 Å². The molecule has 1 atom stereocenters. The minimum Gasteiger partial charge on any atom is -0.339 e. The fourth-order valence-electron chi connectivity index (χ4n) is 3.83. The molecule has 0 aromatic heterocycles. The maximum Gasteiger partial charge on any atom is 0.228 e. The molecule has 20 heavy (non-hydrogen) atoms. The molecule has 0 radical (unpaired) electrons. The topological polar surface area (TPSA) is 45.1 Å². The highest BCUT2D eigenvalue weighted by molar-refractivity contribution is 5.89. The molecule has 5 heteroatoms. The zero-order chi connectivity index (χ0) is 14.1. The van der Waals surface area contributed by atoms with Gasteiger partial charge in [-0.2, -0.15) is 0 Å². The zero-order valence-electron chi connectivity index (χ0n) is 12.4. The van der Waals surface area contributed by atoms with Gasteiger partial charge in [-0.05, 0) is 12.8 Å². The highest BCUT2D eigenvalue weighted by atomic mass is 16.2. The largest absolute Gasteiger partial charge is 0.339 e. The van der Waals surface area contributed by atoms with E-state index in [1.807, 2.05) is 9.80 Å². The van der Waals surface area contributed by atoms with Gasteiger partial charge in [0, 0.05) is 19.0 Å². The summed E-state index contributed by atoms with van der Waals surface area (Å²) in [5, 5.41) is 0. The quantitative estimate of drug-likeness (QED) is 0.715. The molecule has 1 aliphatic carbocycles. The number of rotatable bonds is 2. The van der Waals surface area contributed by atoms with Crippen LogP contribution >= 0.6 is 0 Å². The van der Waals surface area contributed by atoms with Crippen molar-refractivity contribution in [1.29, 1.82) is 0 Å². The summed E-state index contributed by atoms with van der Waals surface area (Å²) in [5.74, 6) is 0.336. The van der Waals surface area contributed by atoms with Crippen LogP contribution in [-0.4, -0.2) is 67.4 Å². The zero-order valence-corrected chi connectivity index (χ0v) is 12.4. The Bertz CT molecular complexity index is 385. The van der Waals surface area contributed by atoms with Crippen LogP contribution in [0.3, 0.4) is 0 Å². The Morgan fingerprint density at radius 3 is 2.50 bits per heavy atom. The molecular weight excluding hydrogens is 254 g/mol. The molecule has 0 unspecified atom stereocenters. The van der Waals surface area contributed by atoms with Crippen LogP contribution < -0.4 is 4.90 Å². The van der Waals surface area contributed by atoms with Crippen LogP contribution in [-0.2, 0) is 9.59 Å². The van der Waals surface area contributed by atoms with Crippen molar-refractivity contribution in [3.8, 4) is 0 Å². The standard InChI is InChI=1S/C15H25N3O2/c1-16-6-8-17(9-7-16)15(20)12-10-14(19)18(11-12)13-4-2-3-5-13/h12-13H,2-11H2,1H3/p+1/t12-/m1/s1. The Balaban J connectivity index is 1.58. The minimum absolute atomic E-state index is 0.0819. The third-order valence-corrected chi connectivity index (χ3v) is 5.20. The van der Waals surface area contributed by atoms with Crippen molar-refractivity contribution in [3.05, 3.63) is 0 Å². The van der Waals surface area contributed by atoms with E-state index in [9.17, 15) is 9.59 Å². The smallest absolute Gasteiger partial charge is 0.228 e. The SMILES string of the molecule is C[NH+]1CCN(C(=O)[C@@H]2CC(=O)N(C3CCCC3)C2)CC1. The van der Waals surface area contributed by atoms with Gasteiger partial charge >= 0.3 is 0 Å². The summed E-state index contributed by atoms with van der Waals surface area (Å²) in [5.41, 5.74) is 0. The molecule has 0 aromatic rings. The van der Waals surface area contributed by atoms with E-state index in [-0.39, 0.29) is 17.7 Å². The summed E-state index contributed by atoms with van der Waals surface area (Å²) in [6.45, 7) is 4.41. The van der Waals surface area contributed by atoms with Crippen molar-refractivity contribution in [2.45, 2.75) is 38.1 Å². The van der Waals surface area contributed by atoms with Gasteiger partial charge in [-0.3, -0.25) is 9.59 Å². The van der Waals surface area contributed by atoms with Gasteiger partial charge in [-0.25, -0.2) is 0 Å². The van der Waals surface area contributed by atoms with Gasteiger partial charge in [0.05, 0.1) is 39.1 Å². The van der Waals surface area contributed by atoms with Crippen molar-refractivity contribution in [2.75, 3.05) is 39.8 Å². The highest BCUT2D eigenvalue weighted by Crippen LogP contribution is 2.30. The number of carbonyl (C=O) groups is 2. The van der Waals surface area contributed by atoms with E-state index in [0.717, 1.165) is 39.0 Å². The number of hydrogen-bond acceptors (Lipinski definition) is 2. The highest BCUT2D eigenvalue weighted by Gasteiger charge is 2.40. The van der Waals surface area contributed by atoms with Crippen molar-refractivity contribution < 1.29 is 14.5 Å². The van der Waals surface area contributed by atoms with Crippen LogP contribution in [0.5, 0.6) is 0 Å². The van der Waals surface area contributed by atoms with Crippen LogP contribution in [0.1, 0.15) is 32.1 Å². The molecule has 2 saturated heterocycles. The van der Waals surface area contributed by atoms with E-state index in [2.05, 4.69) is 7.05 Å². The van der Waals surface area contributed by atoms with Crippen molar-refractivity contribution in [3.63, 3.8) is 0 Å². The summed E-state index contributed by atoms with van der Waals surface area (Å²) < 4.78 is 0. The predicted octanol–water partition coefficient (Wildman–Crippen LogP) is -0.866. The number of likely N-dealkylation sites (N-methyl/N-ethyl adjacent to an activating group) is 1. The molecule has 2 aliphatic heterocycles. The van der Waals surface area contributed by atoms with E-state index in [4.69, 9.17) is 0 Å². The summed E-state index contributed by atoms with van der Waals surface area (Å²) in [6, 6.07) is 0.414. The average Bonchev–Trinajstić information content (AvgIpc) is 3.07. The normalized spacial score (nSPS) is 29.4. The van der Waals surface area contributed by atoms with Crippen LogP contribution in [0, 0.1) is 5.92 Å². The Morgan fingerprint density at radius 2 is 1.85 bits per heavy atom. The van der Waals surface area contributed by atoms with Gasteiger partial charge in [-0.1, -0.05) is 12.8 Å². The fraction of sp³-hybridized carbons (Fsp3) is 0.867. The second-order valence-corrected chi connectivity index (χ2v) is 6.67. The summed E-state index contributed by atoms with van der Waals surface area (Å²) in [7, 11) is 2.17. The van der Waals surface area contributed by atoms with Crippen molar-refractivity contribution in [1.82, 2.24) is 9.80 Å². The van der Waals surface area contributed by atoms with E-state index >= 15 is 0 Å². The molecule has 3 rings (SSSR count). The third-order valence-electron chi connectivity index (χ3n) is 5.20. The summed E-state index contributed by atoms with van der Waals surface area (Å²) >= 11 is 0. The maximum absolute atomic E-state index is 12.6. The molecule has 0 bridgehead atoms. The number of piperazine rings is 1. The van der Waals surface area contributed by atoms with Gasteiger partial charge in [0.25, 0.3) is 0 Å². The van der Waals surface area contributed by atoms with Crippen molar-refractivity contribution in [2.24, 2.45) is 5.92 Å². The second kappa shape index (κ2) is 5.72. The molecule has 0 aromatic carbocycles. The average molecular weight is 280 g/mol. The lowest BCUT2D eigenvalue weighted by atomic mass is 10.1. The molecule has 3 fully saturated rings. The number of likely N-dealkylation sites (tertiary alicyclic amines) is 1. The molecule has 1 N–H and O–H groups in total. The lowest BCUT2D eigenvalue weighted by Crippen LogP contribution is -3.12. The number of nitrogens with zero attached hydrogens (tertiary/aromatic N) is 2. The van der Waals surface area contributed by atoms with Crippen LogP contribution in [0.25, 0.3) is 0 Å². The first-order valence-corrected chi connectivity index (χ1v) is 8.04. The molecule has 112 valence electrons. The van der Waals surface area contributed by atoms with E-state index < -0.39 is 0 Å². The lowest BCUT2D eigenvalue weighted by molar-refractivity contribution is -0.883. The Hall–Kier alpha value is -1.10. The van der Waals surface area contributed by atoms with Gasteiger partial charge in [0.1, 0.15) is 0 Å². The second-order valence-electron chi connectivity index (χ2n) is 6.67. The van der Waals surface area contributed by atoms with Crippen LogP contribution in [0.2, 0.25) is 0 Å². The van der Waals surface area contributed by atoms with Gasteiger partial charge in [-0.15, -0.1) is 0 Å². The van der Waals surface area contributed by atoms with Crippen LogP contribution in [0.4, 0.5) is 0 Å².